The third-order valence-corrected chi connectivity index (χ3v) is 1.52. The summed E-state index contributed by atoms with van der Waals surface area (Å²) in [5, 5.41) is 9.18. The Bertz CT molecular complexity index is 344. The molecule has 132 valence electrons. The van der Waals surface area contributed by atoms with Crippen LogP contribution in [0.1, 0.15) is 13.8 Å². The number of hydrogen-bond acceptors (Lipinski definition) is 5. The first-order valence-electron chi connectivity index (χ1n) is 5.66. The lowest BCUT2D eigenvalue weighted by Crippen LogP contribution is -2.40. The van der Waals surface area contributed by atoms with Crippen LogP contribution in [-0.2, 0) is 14.3 Å². The number of aliphatic hydroxyl groups is 1. The highest BCUT2D eigenvalue weighted by Gasteiger charge is 2.30. The molecule has 0 aliphatic rings. The number of amides is 1. The minimum absolute atomic E-state index is 0.114. The number of nitrogens with one attached hydrogen (secondary N) is 1. The number of ether oxygens (including phenoxy) is 2. The number of rotatable bonds is 4. The summed E-state index contributed by atoms with van der Waals surface area (Å²) in [6, 6.07) is -1.05. The number of hydrogen-bond donors (Lipinski definition) is 2. The molecule has 0 aliphatic carbocycles. The Morgan fingerprint density at radius 2 is 1.55 bits per heavy atom. The highest BCUT2D eigenvalue weighted by Crippen LogP contribution is 2.14. The van der Waals surface area contributed by atoms with E-state index < -0.39 is 43.7 Å². The monoisotopic (exact) mass is 343 g/mol. The molecule has 0 rings (SSSR count). The number of esters is 1. The van der Waals surface area contributed by atoms with Crippen molar-refractivity contribution in [3.05, 3.63) is 0 Å². The molecule has 0 aliphatic heterocycles. The Morgan fingerprint density at radius 3 is 1.86 bits per heavy atom. The highest BCUT2D eigenvalue weighted by molar-refractivity contribution is 5.80. The van der Waals surface area contributed by atoms with Crippen LogP contribution >= 0.6 is 0 Å². The molecule has 0 heterocycles. The quantitative estimate of drug-likeness (QED) is 0.600. The van der Waals surface area contributed by atoms with E-state index in [0.29, 0.717) is 0 Å². The van der Waals surface area contributed by atoms with Crippen LogP contribution in [0.3, 0.4) is 0 Å². The van der Waals surface area contributed by atoms with Gasteiger partial charge in [0.15, 0.2) is 6.61 Å². The third kappa shape index (κ3) is 16.3. The second kappa shape index (κ2) is 10.1. The fourth-order valence-corrected chi connectivity index (χ4v) is 0.692. The van der Waals surface area contributed by atoms with E-state index in [0.717, 1.165) is 0 Å². The van der Waals surface area contributed by atoms with E-state index in [1.54, 1.807) is 6.92 Å². The number of alkyl halides is 6. The normalized spacial score (nSPS) is 12.6. The zero-order valence-electron chi connectivity index (χ0n) is 11.5. The van der Waals surface area contributed by atoms with E-state index >= 15 is 0 Å². The lowest BCUT2D eigenvalue weighted by molar-refractivity contribution is -0.161. The SMILES string of the molecule is CCOC(=O)C(C)NC(=O)OCC(F)(F)F.OCC(F)(F)F. The van der Waals surface area contributed by atoms with E-state index in [1.807, 2.05) is 5.32 Å². The Hall–Kier alpha value is -1.72. The number of aliphatic hydroxyl groups excluding tert-OH is 1. The third-order valence-electron chi connectivity index (χ3n) is 1.52. The molecule has 1 atom stereocenters. The topological polar surface area (TPSA) is 84.9 Å². The summed E-state index contributed by atoms with van der Waals surface area (Å²) in [5.74, 6) is -0.744. The predicted molar refractivity (Wildman–Crippen MR) is 59.8 cm³/mol. The predicted octanol–water partition coefficient (Wildman–Crippen LogP) is 1.77. The van der Waals surface area contributed by atoms with Gasteiger partial charge in [-0.15, -0.1) is 0 Å². The fourth-order valence-electron chi connectivity index (χ4n) is 0.692. The van der Waals surface area contributed by atoms with Crippen LogP contribution < -0.4 is 5.32 Å². The number of carbonyl (C=O) groups excluding carboxylic acids is 2. The van der Waals surface area contributed by atoms with Gasteiger partial charge >= 0.3 is 24.4 Å². The summed E-state index contributed by atoms with van der Waals surface area (Å²) in [6.45, 7) is -0.483. The molecular formula is C10H15F6NO5. The maximum Gasteiger partial charge on any atom is 0.422 e. The van der Waals surface area contributed by atoms with Crippen molar-refractivity contribution in [3.63, 3.8) is 0 Å². The fraction of sp³-hybridized carbons (Fsp3) is 0.800. The summed E-state index contributed by atoms with van der Waals surface area (Å²) < 4.78 is 74.9. The van der Waals surface area contributed by atoms with Gasteiger partial charge in [0.05, 0.1) is 6.61 Å². The lowest BCUT2D eigenvalue weighted by Gasteiger charge is -2.13. The van der Waals surface area contributed by atoms with Crippen molar-refractivity contribution in [2.45, 2.75) is 32.2 Å². The molecule has 0 aromatic carbocycles. The van der Waals surface area contributed by atoms with Crippen LogP contribution in [0.4, 0.5) is 31.1 Å². The van der Waals surface area contributed by atoms with Crippen molar-refractivity contribution < 1.29 is 50.5 Å². The molecule has 0 aromatic rings. The number of halogens is 6. The van der Waals surface area contributed by atoms with Gasteiger partial charge in [-0.05, 0) is 13.8 Å². The van der Waals surface area contributed by atoms with Crippen LogP contribution in [-0.4, -0.2) is 55.4 Å². The molecule has 22 heavy (non-hydrogen) atoms. The Balaban J connectivity index is 0. The number of carbonyl (C=O) groups is 2. The number of alkyl carbamates (subject to hydrolysis) is 1. The smallest absolute Gasteiger partial charge is 0.422 e. The summed E-state index contributed by atoms with van der Waals surface area (Å²) in [5.41, 5.74) is 0. The van der Waals surface area contributed by atoms with E-state index in [9.17, 15) is 35.9 Å². The molecule has 0 aromatic heterocycles. The lowest BCUT2D eigenvalue weighted by atomic mass is 10.3. The van der Waals surface area contributed by atoms with E-state index in [2.05, 4.69) is 9.47 Å². The first kappa shape index (κ1) is 22.6. The van der Waals surface area contributed by atoms with Gasteiger partial charge in [0.25, 0.3) is 0 Å². The zero-order chi connectivity index (χ0) is 18.0. The van der Waals surface area contributed by atoms with E-state index in [4.69, 9.17) is 5.11 Å². The maximum absolute atomic E-state index is 11.6. The molecule has 1 unspecified atom stereocenters. The van der Waals surface area contributed by atoms with Crippen LogP contribution in [0.25, 0.3) is 0 Å². The average molecular weight is 343 g/mol. The summed E-state index contributed by atoms with van der Waals surface area (Å²) >= 11 is 0. The van der Waals surface area contributed by atoms with Crippen molar-refractivity contribution >= 4 is 12.1 Å². The van der Waals surface area contributed by atoms with Crippen LogP contribution in [0.2, 0.25) is 0 Å². The molecule has 1 amide bonds. The largest absolute Gasteiger partial charge is 0.464 e. The minimum atomic E-state index is -4.59. The van der Waals surface area contributed by atoms with Crippen LogP contribution in [0.5, 0.6) is 0 Å². The van der Waals surface area contributed by atoms with Crippen molar-refractivity contribution in [2.24, 2.45) is 0 Å². The Labute approximate surface area is 121 Å². The highest BCUT2D eigenvalue weighted by atomic mass is 19.4. The average Bonchev–Trinajstić information content (AvgIpc) is 2.35. The summed E-state index contributed by atoms with van der Waals surface area (Å²) in [7, 11) is 0. The van der Waals surface area contributed by atoms with Crippen molar-refractivity contribution in [2.75, 3.05) is 19.8 Å². The molecule has 0 fully saturated rings. The Morgan fingerprint density at radius 1 is 1.09 bits per heavy atom. The van der Waals surface area contributed by atoms with E-state index in [-0.39, 0.29) is 6.61 Å². The first-order valence-corrected chi connectivity index (χ1v) is 5.66. The van der Waals surface area contributed by atoms with Gasteiger partial charge in [0, 0.05) is 0 Å². The van der Waals surface area contributed by atoms with Gasteiger partial charge in [-0.25, -0.2) is 9.59 Å². The van der Waals surface area contributed by atoms with Gasteiger partial charge in [-0.3, -0.25) is 0 Å². The summed E-state index contributed by atoms with van der Waals surface area (Å²) in [4.78, 5) is 21.7. The van der Waals surface area contributed by atoms with Gasteiger partial charge < -0.3 is 19.9 Å². The standard InChI is InChI=1S/C8H12F3NO4.C2H3F3O/c1-3-15-6(13)5(2)12-7(14)16-4-8(9,10)11;3-2(4,5)1-6/h5H,3-4H2,1-2H3,(H,12,14);6H,1H2. The second-order valence-corrected chi connectivity index (χ2v) is 3.58. The molecule has 0 saturated carbocycles. The molecule has 12 heteroatoms. The van der Waals surface area contributed by atoms with E-state index in [1.165, 1.54) is 6.92 Å². The van der Waals surface area contributed by atoms with Crippen LogP contribution in [0, 0.1) is 0 Å². The molecular weight excluding hydrogens is 328 g/mol. The molecule has 0 saturated heterocycles. The molecule has 2 N–H and O–H groups in total. The summed E-state index contributed by atoms with van der Waals surface area (Å²) in [6.07, 6.45) is -10.3. The molecule has 0 bridgehead atoms. The van der Waals surface area contributed by atoms with Crippen molar-refractivity contribution in [1.29, 1.82) is 0 Å². The van der Waals surface area contributed by atoms with Crippen LogP contribution in [0.15, 0.2) is 0 Å². The van der Waals surface area contributed by atoms with Crippen molar-refractivity contribution in [1.82, 2.24) is 5.32 Å². The first-order chi connectivity index (χ1) is 9.82. The minimum Gasteiger partial charge on any atom is -0.464 e. The van der Waals surface area contributed by atoms with Gasteiger partial charge in [-0.2, -0.15) is 26.3 Å². The molecule has 6 nitrogen and oxygen atoms in total. The van der Waals surface area contributed by atoms with Gasteiger partial charge in [0.2, 0.25) is 0 Å². The van der Waals surface area contributed by atoms with Gasteiger partial charge in [-0.1, -0.05) is 0 Å². The van der Waals surface area contributed by atoms with Crippen molar-refractivity contribution in [3.8, 4) is 0 Å². The maximum atomic E-state index is 11.6. The zero-order valence-corrected chi connectivity index (χ0v) is 11.5. The molecule has 0 spiro atoms. The molecule has 0 radical (unpaired) electrons. The second-order valence-electron chi connectivity index (χ2n) is 3.58. The van der Waals surface area contributed by atoms with Gasteiger partial charge in [0.1, 0.15) is 12.6 Å². The Kier molecular flexibility index (Phi) is 10.3.